The van der Waals surface area contributed by atoms with Gasteiger partial charge in [-0.2, -0.15) is 0 Å². The van der Waals surface area contributed by atoms with Crippen molar-refractivity contribution < 1.29 is 9.21 Å². The maximum absolute atomic E-state index is 12.6. The zero-order valence-corrected chi connectivity index (χ0v) is 17.9. The topological polar surface area (TPSA) is 55.1 Å². The van der Waals surface area contributed by atoms with E-state index in [2.05, 4.69) is 41.5 Å². The average molecular weight is 439 g/mol. The number of amides is 1. The Bertz CT molecular complexity index is 1180. The third-order valence-corrected chi connectivity index (χ3v) is 5.59. The summed E-state index contributed by atoms with van der Waals surface area (Å²) in [7, 11) is 0. The van der Waals surface area contributed by atoms with Crippen molar-refractivity contribution >= 4 is 40.2 Å². The van der Waals surface area contributed by atoms with Gasteiger partial charge < -0.3 is 9.73 Å². The monoisotopic (exact) mass is 438 g/mol. The fourth-order valence-electron chi connectivity index (χ4n) is 3.24. The Labute approximate surface area is 184 Å². The van der Waals surface area contributed by atoms with Crippen molar-refractivity contribution in [2.24, 2.45) is 0 Å². The summed E-state index contributed by atoms with van der Waals surface area (Å²) in [4.78, 5) is 17.0. The summed E-state index contributed by atoms with van der Waals surface area (Å²) < 4.78 is 5.80. The average Bonchev–Trinajstić information content (AvgIpc) is 3.16. The first-order chi connectivity index (χ1) is 14.5. The van der Waals surface area contributed by atoms with Gasteiger partial charge in [-0.3, -0.25) is 4.79 Å². The molecule has 0 bridgehead atoms. The molecular formula is C24H20Cl2N2O2. The van der Waals surface area contributed by atoms with Crippen molar-refractivity contribution in [2.75, 3.05) is 6.54 Å². The molecule has 0 saturated heterocycles. The highest BCUT2D eigenvalue weighted by Gasteiger charge is 2.16. The van der Waals surface area contributed by atoms with E-state index in [1.807, 2.05) is 0 Å². The molecule has 1 amide bonds. The molecule has 0 spiro atoms. The number of aryl methyl sites for hydroxylation is 1. The van der Waals surface area contributed by atoms with E-state index in [-0.39, 0.29) is 5.91 Å². The quantitative estimate of drug-likeness (QED) is 0.382. The predicted molar refractivity (Wildman–Crippen MR) is 121 cm³/mol. The van der Waals surface area contributed by atoms with E-state index >= 15 is 0 Å². The van der Waals surface area contributed by atoms with E-state index < -0.39 is 0 Å². The van der Waals surface area contributed by atoms with Gasteiger partial charge in [0.2, 0.25) is 5.89 Å². The summed E-state index contributed by atoms with van der Waals surface area (Å²) in [6.45, 7) is 2.69. The Morgan fingerprint density at radius 2 is 1.70 bits per heavy atom. The van der Waals surface area contributed by atoms with Crippen LogP contribution in [0.2, 0.25) is 10.0 Å². The second kappa shape index (κ2) is 8.90. The van der Waals surface area contributed by atoms with Crippen molar-refractivity contribution in [3.63, 3.8) is 0 Å². The van der Waals surface area contributed by atoms with Crippen molar-refractivity contribution in [3.05, 3.63) is 87.4 Å². The summed E-state index contributed by atoms with van der Waals surface area (Å²) >= 11 is 12.5. The van der Waals surface area contributed by atoms with Crippen LogP contribution in [0.1, 0.15) is 28.4 Å². The zero-order valence-electron chi connectivity index (χ0n) is 16.4. The van der Waals surface area contributed by atoms with Gasteiger partial charge in [-0.15, -0.1) is 0 Å². The maximum atomic E-state index is 12.6. The van der Waals surface area contributed by atoms with Crippen LogP contribution in [0.25, 0.3) is 22.6 Å². The van der Waals surface area contributed by atoms with Gasteiger partial charge in [0.1, 0.15) is 5.52 Å². The first-order valence-electron chi connectivity index (χ1n) is 9.76. The normalized spacial score (nSPS) is 11.0. The van der Waals surface area contributed by atoms with Gasteiger partial charge in [-0.05, 0) is 54.3 Å². The smallest absolute Gasteiger partial charge is 0.251 e. The predicted octanol–water partition coefficient (Wildman–Crippen LogP) is 6.34. The number of aromatic nitrogens is 1. The third kappa shape index (κ3) is 4.35. The Kier molecular flexibility index (Phi) is 6.07. The van der Waals surface area contributed by atoms with Crippen molar-refractivity contribution in [3.8, 4) is 11.5 Å². The summed E-state index contributed by atoms with van der Waals surface area (Å²) in [5.41, 5.74) is 4.70. The van der Waals surface area contributed by atoms with Crippen LogP contribution < -0.4 is 5.32 Å². The Morgan fingerprint density at radius 1 is 1.00 bits per heavy atom. The number of rotatable bonds is 6. The Hall–Kier alpha value is -2.82. The number of oxazole rings is 1. The fraction of sp³-hybridized carbons (Fsp3) is 0.167. The number of hydrogen-bond acceptors (Lipinski definition) is 3. The number of benzene rings is 3. The minimum atomic E-state index is -0.151. The van der Waals surface area contributed by atoms with Gasteiger partial charge in [0, 0.05) is 12.1 Å². The van der Waals surface area contributed by atoms with Gasteiger partial charge in [0.25, 0.3) is 5.91 Å². The molecule has 4 nitrogen and oxygen atoms in total. The van der Waals surface area contributed by atoms with Crippen molar-refractivity contribution in [1.82, 2.24) is 10.3 Å². The summed E-state index contributed by atoms with van der Waals surface area (Å²) in [5.74, 6) is 0.177. The van der Waals surface area contributed by atoms with E-state index in [1.165, 1.54) is 11.1 Å². The van der Waals surface area contributed by atoms with E-state index in [0.717, 1.165) is 12.8 Å². The number of nitrogens with one attached hydrogen (secondary N) is 1. The number of carbonyl (C=O) groups excluding carboxylic acids is 1. The lowest BCUT2D eigenvalue weighted by molar-refractivity contribution is 0.0954. The third-order valence-electron chi connectivity index (χ3n) is 4.96. The van der Waals surface area contributed by atoms with Gasteiger partial charge in [0.05, 0.1) is 15.6 Å². The van der Waals surface area contributed by atoms with Crippen LogP contribution in [0.15, 0.2) is 65.1 Å². The number of carbonyl (C=O) groups is 1. The SMILES string of the molecule is CCc1ccc(CCNC(=O)c2ccc3oc(-c4c(Cl)cccc4Cl)nc3c2)cc1. The van der Waals surface area contributed by atoms with Crippen LogP contribution in [-0.4, -0.2) is 17.4 Å². The lowest BCUT2D eigenvalue weighted by Crippen LogP contribution is -2.25. The molecule has 0 radical (unpaired) electrons. The summed E-state index contributed by atoms with van der Waals surface area (Å²) in [5, 5.41) is 3.87. The van der Waals surface area contributed by atoms with Gasteiger partial charge in [-0.1, -0.05) is 60.5 Å². The number of nitrogens with zero attached hydrogens (tertiary/aromatic N) is 1. The molecule has 4 aromatic rings. The van der Waals surface area contributed by atoms with Crippen molar-refractivity contribution in [1.29, 1.82) is 0 Å². The molecule has 0 aliphatic heterocycles. The maximum Gasteiger partial charge on any atom is 0.251 e. The summed E-state index contributed by atoms with van der Waals surface area (Å²) in [6, 6.07) is 18.8. The molecule has 0 fully saturated rings. The lowest BCUT2D eigenvalue weighted by atomic mass is 10.1. The molecule has 0 saturated carbocycles. The fourth-order valence-corrected chi connectivity index (χ4v) is 3.80. The van der Waals surface area contributed by atoms with Crippen LogP contribution in [0.3, 0.4) is 0 Å². The lowest BCUT2D eigenvalue weighted by Gasteiger charge is -2.06. The zero-order chi connectivity index (χ0) is 21.1. The molecule has 6 heteroatoms. The van der Waals surface area contributed by atoms with E-state index in [4.69, 9.17) is 27.6 Å². The van der Waals surface area contributed by atoms with Crippen LogP contribution in [0.5, 0.6) is 0 Å². The second-order valence-corrected chi connectivity index (χ2v) is 7.79. The van der Waals surface area contributed by atoms with Crippen LogP contribution in [0.4, 0.5) is 0 Å². The second-order valence-electron chi connectivity index (χ2n) is 6.97. The number of hydrogen-bond donors (Lipinski definition) is 1. The molecule has 3 aromatic carbocycles. The minimum Gasteiger partial charge on any atom is -0.436 e. The molecule has 152 valence electrons. The molecule has 0 aliphatic rings. The highest BCUT2D eigenvalue weighted by molar-refractivity contribution is 6.38. The van der Waals surface area contributed by atoms with Gasteiger partial charge in [-0.25, -0.2) is 4.98 Å². The standard InChI is InChI=1S/C24H20Cl2N2O2/c1-2-15-6-8-16(9-7-15)12-13-27-23(29)17-10-11-21-20(14-17)28-24(30-21)22-18(25)4-3-5-19(22)26/h3-11,14H,2,12-13H2,1H3,(H,27,29). The van der Waals surface area contributed by atoms with E-state index in [9.17, 15) is 4.79 Å². The Morgan fingerprint density at radius 3 is 2.40 bits per heavy atom. The van der Waals surface area contributed by atoms with Crippen LogP contribution in [0, 0.1) is 0 Å². The molecular weight excluding hydrogens is 419 g/mol. The summed E-state index contributed by atoms with van der Waals surface area (Å²) in [6.07, 6.45) is 1.79. The molecule has 1 heterocycles. The van der Waals surface area contributed by atoms with Crippen molar-refractivity contribution in [2.45, 2.75) is 19.8 Å². The molecule has 0 atom stereocenters. The minimum absolute atomic E-state index is 0.151. The molecule has 1 aromatic heterocycles. The first-order valence-corrected chi connectivity index (χ1v) is 10.5. The van der Waals surface area contributed by atoms with Crippen LogP contribution in [-0.2, 0) is 12.8 Å². The molecule has 0 aliphatic carbocycles. The van der Waals surface area contributed by atoms with E-state index in [0.29, 0.717) is 44.7 Å². The van der Waals surface area contributed by atoms with Gasteiger partial charge >= 0.3 is 0 Å². The highest BCUT2D eigenvalue weighted by atomic mass is 35.5. The van der Waals surface area contributed by atoms with Gasteiger partial charge in [0.15, 0.2) is 5.58 Å². The van der Waals surface area contributed by atoms with Crippen LogP contribution >= 0.6 is 23.2 Å². The highest BCUT2D eigenvalue weighted by Crippen LogP contribution is 2.35. The molecule has 30 heavy (non-hydrogen) atoms. The molecule has 1 N–H and O–H groups in total. The molecule has 4 rings (SSSR count). The number of fused-ring (bicyclic) bond motifs is 1. The largest absolute Gasteiger partial charge is 0.436 e. The number of halogens is 2. The Balaban J connectivity index is 1.47. The first kappa shape index (κ1) is 20.5. The van der Waals surface area contributed by atoms with E-state index in [1.54, 1.807) is 36.4 Å². The molecule has 0 unspecified atom stereocenters.